The Morgan fingerprint density at radius 3 is 1.80 bits per heavy atom. The van der Waals surface area contributed by atoms with Crippen LogP contribution in [0, 0.1) is 5.41 Å². The third-order valence-electron chi connectivity index (χ3n) is 6.95. The van der Waals surface area contributed by atoms with Gasteiger partial charge in [0.1, 0.15) is 23.3 Å². The minimum Gasteiger partial charge on any atom is -0.480 e. The van der Waals surface area contributed by atoms with Gasteiger partial charge in [0.15, 0.2) is 11.5 Å². The lowest BCUT2D eigenvalue weighted by Gasteiger charge is -2.25. The largest absolute Gasteiger partial charge is 0.514 e. The van der Waals surface area contributed by atoms with Crippen LogP contribution >= 0.6 is 0 Å². The first-order valence-corrected chi connectivity index (χ1v) is 14.0. The third-order valence-corrected chi connectivity index (χ3v) is 6.95. The molecule has 0 heterocycles. The molecule has 41 heavy (non-hydrogen) atoms. The lowest BCUT2D eigenvalue weighted by molar-refractivity contribution is -0.158. The minimum absolute atomic E-state index is 0.0180. The van der Waals surface area contributed by atoms with Gasteiger partial charge >= 0.3 is 24.2 Å². The van der Waals surface area contributed by atoms with E-state index in [1.54, 1.807) is 54.5 Å². The number of carboxylic acids is 1. The molecule has 2 atom stereocenters. The number of hydrogen-bond acceptors (Lipinski definition) is 10. The van der Waals surface area contributed by atoms with Gasteiger partial charge in [0.05, 0.1) is 5.41 Å². The molecule has 2 N–H and O–H groups in total. The summed E-state index contributed by atoms with van der Waals surface area (Å²) in [6, 6.07) is 3.28. The molecule has 0 bridgehead atoms. The lowest BCUT2D eigenvalue weighted by Crippen LogP contribution is -2.43. The molecule has 0 fully saturated rings. The molecule has 232 valence electrons. The second kappa shape index (κ2) is 15.0. The van der Waals surface area contributed by atoms with Crippen LogP contribution < -0.4 is 14.8 Å². The van der Waals surface area contributed by atoms with E-state index in [2.05, 4.69) is 5.32 Å². The van der Waals surface area contributed by atoms with Gasteiger partial charge in [0.25, 0.3) is 0 Å². The van der Waals surface area contributed by atoms with Crippen LogP contribution in [0.3, 0.4) is 0 Å². The molecule has 1 aromatic rings. The van der Waals surface area contributed by atoms with Gasteiger partial charge in [0, 0.05) is 6.54 Å². The van der Waals surface area contributed by atoms with E-state index in [0.29, 0.717) is 24.8 Å². The number of benzene rings is 1. The van der Waals surface area contributed by atoms with E-state index in [-0.39, 0.29) is 30.4 Å². The Kier molecular flexibility index (Phi) is 13.1. The first-order chi connectivity index (χ1) is 18.8. The van der Waals surface area contributed by atoms with Crippen molar-refractivity contribution in [3.05, 3.63) is 23.8 Å². The number of nitrogens with one attached hydrogen (secondary N) is 1. The average molecular weight is 582 g/mol. The van der Waals surface area contributed by atoms with Gasteiger partial charge < -0.3 is 34.1 Å². The van der Waals surface area contributed by atoms with Crippen molar-refractivity contribution in [2.24, 2.45) is 5.41 Å². The fourth-order valence-corrected chi connectivity index (χ4v) is 2.98. The molecule has 0 spiro atoms. The Hall–Kier alpha value is -3.34. The fraction of sp³-hybridized carbons (Fsp3) is 0.667. The van der Waals surface area contributed by atoms with Gasteiger partial charge in [-0.25, -0.2) is 9.59 Å². The summed E-state index contributed by atoms with van der Waals surface area (Å²) < 4.78 is 26.9. The van der Waals surface area contributed by atoms with Gasteiger partial charge in [-0.05, 0) is 91.8 Å². The second-order valence-electron chi connectivity index (χ2n) is 11.9. The number of aliphatic carboxylic acids is 1. The lowest BCUT2D eigenvalue weighted by atomic mass is 9.90. The van der Waals surface area contributed by atoms with Gasteiger partial charge in [-0.15, -0.1) is 0 Å². The van der Waals surface area contributed by atoms with Crippen molar-refractivity contribution in [1.29, 1.82) is 0 Å². The summed E-state index contributed by atoms with van der Waals surface area (Å²) in [7, 11) is 0. The zero-order valence-corrected chi connectivity index (χ0v) is 26.0. The quantitative estimate of drug-likeness (QED) is 0.142. The predicted octanol–water partition coefficient (Wildman–Crippen LogP) is 6.05. The number of hydrogen-bond donors (Lipinski definition) is 2. The van der Waals surface area contributed by atoms with E-state index < -0.39 is 47.0 Å². The fourth-order valence-electron chi connectivity index (χ4n) is 2.98. The summed E-state index contributed by atoms with van der Waals surface area (Å²) in [6.07, 6.45) is -0.919. The highest BCUT2D eigenvalue weighted by Crippen LogP contribution is 2.31. The molecule has 0 amide bonds. The Morgan fingerprint density at radius 1 is 0.829 bits per heavy atom. The maximum Gasteiger partial charge on any atom is 0.514 e. The molecule has 0 aromatic heterocycles. The van der Waals surface area contributed by atoms with Crippen LogP contribution in [0.1, 0.15) is 94.1 Å². The number of ether oxygens (including phenoxy) is 5. The Labute approximate surface area is 243 Å². The highest BCUT2D eigenvalue weighted by atomic mass is 16.8. The first kappa shape index (κ1) is 35.7. The summed E-state index contributed by atoms with van der Waals surface area (Å²) in [5.74, 6) is -1.73. The number of carbonyl (C=O) groups is 4. The number of rotatable bonds is 15. The smallest absolute Gasteiger partial charge is 0.480 e. The van der Waals surface area contributed by atoms with Crippen molar-refractivity contribution in [1.82, 2.24) is 5.32 Å². The normalized spacial score (nSPS) is 13.5. The van der Waals surface area contributed by atoms with Crippen LogP contribution in [-0.4, -0.2) is 59.2 Å². The van der Waals surface area contributed by atoms with E-state index in [1.165, 1.54) is 12.1 Å². The van der Waals surface area contributed by atoms with Crippen LogP contribution in [-0.2, 0) is 30.2 Å². The monoisotopic (exact) mass is 581 g/mol. The second-order valence-corrected chi connectivity index (χ2v) is 11.9. The molecule has 0 aliphatic carbocycles. The minimum atomic E-state index is -1.13. The Morgan fingerprint density at radius 2 is 1.34 bits per heavy atom. The van der Waals surface area contributed by atoms with E-state index in [1.807, 2.05) is 20.8 Å². The first-order valence-electron chi connectivity index (χ1n) is 14.0. The molecule has 1 rings (SSSR count). The standard InChI is InChI=1S/C30H47NO10/c1-11-28(5,6)25(34)37-19(4)18-31-21(24(32)33)16-20-14-15-22(38-26(35)40-29(7,8)12-2)23(17-20)39-27(36)41-30(9,10)13-3/h14-15,17,19,21,31H,11-13,16,18H2,1-10H3,(H,32,33)/t19?,21-/m0/s1. The highest BCUT2D eigenvalue weighted by Gasteiger charge is 2.30. The van der Waals surface area contributed by atoms with Gasteiger partial charge in [-0.2, -0.15) is 0 Å². The molecule has 1 unspecified atom stereocenters. The van der Waals surface area contributed by atoms with Crippen LogP contribution in [0.25, 0.3) is 0 Å². The van der Waals surface area contributed by atoms with Crippen molar-refractivity contribution in [2.75, 3.05) is 6.54 Å². The summed E-state index contributed by atoms with van der Waals surface area (Å²) in [6.45, 7) is 17.8. The number of carbonyl (C=O) groups excluding carboxylic acids is 3. The van der Waals surface area contributed by atoms with Gasteiger partial charge in [-0.1, -0.05) is 26.8 Å². The van der Waals surface area contributed by atoms with Crippen molar-refractivity contribution >= 4 is 24.2 Å². The summed E-state index contributed by atoms with van der Waals surface area (Å²) in [4.78, 5) is 49.3. The maximum absolute atomic E-state index is 12.5. The molecular formula is C30H47NO10. The zero-order valence-electron chi connectivity index (χ0n) is 26.0. The molecule has 11 nitrogen and oxygen atoms in total. The molecule has 0 saturated carbocycles. The molecule has 0 saturated heterocycles. The van der Waals surface area contributed by atoms with E-state index in [0.717, 1.165) is 0 Å². The molecule has 0 aliphatic heterocycles. The van der Waals surface area contributed by atoms with Crippen molar-refractivity contribution < 1.29 is 48.0 Å². The molecule has 1 aromatic carbocycles. The molecular weight excluding hydrogens is 534 g/mol. The highest BCUT2D eigenvalue weighted by molar-refractivity contribution is 5.76. The number of esters is 1. The van der Waals surface area contributed by atoms with Crippen LogP contribution in [0.5, 0.6) is 11.5 Å². The Balaban J connectivity index is 3.13. The van der Waals surface area contributed by atoms with Crippen molar-refractivity contribution in [3.63, 3.8) is 0 Å². The van der Waals surface area contributed by atoms with Crippen molar-refractivity contribution in [2.45, 2.75) is 118 Å². The van der Waals surface area contributed by atoms with Crippen LogP contribution in [0.2, 0.25) is 0 Å². The summed E-state index contributed by atoms with van der Waals surface area (Å²) in [5, 5.41) is 12.7. The van der Waals surface area contributed by atoms with E-state index >= 15 is 0 Å². The Bertz CT molecular complexity index is 1060. The molecule has 11 heteroatoms. The average Bonchev–Trinajstić information content (AvgIpc) is 2.86. The molecule has 0 aliphatic rings. The van der Waals surface area contributed by atoms with Crippen LogP contribution in [0.15, 0.2) is 18.2 Å². The summed E-state index contributed by atoms with van der Waals surface area (Å²) >= 11 is 0. The third kappa shape index (κ3) is 12.4. The van der Waals surface area contributed by atoms with Gasteiger partial charge in [0.2, 0.25) is 0 Å². The van der Waals surface area contributed by atoms with E-state index in [4.69, 9.17) is 23.7 Å². The van der Waals surface area contributed by atoms with Gasteiger partial charge in [-0.3, -0.25) is 9.59 Å². The molecule has 0 radical (unpaired) electrons. The maximum atomic E-state index is 12.5. The van der Waals surface area contributed by atoms with Crippen molar-refractivity contribution in [3.8, 4) is 11.5 Å². The number of carboxylic acid groups (broad SMARTS) is 1. The topological polar surface area (TPSA) is 147 Å². The van der Waals surface area contributed by atoms with E-state index in [9.17, 15) is 24.3 Å². The summed E-state index contributed by atoms with van der Waals surface area (Å²) in [5.41, 5.74) is -1.76. The SMILES string of the molecule is CCC(C)(C)OC(=O)Oc1ccc(C[C@H](NCC(C)OC(=O)C(C)(C)CC)C(=O)O)cc1OC(=O)OC(C)(C)CC. The zero-order chi connectivity index (χ0) is 31.6. The van der Waals surface area contributed by atoms with Crippen LogP contribution in [0.4, 0.5) is 9.59 Å². The predicted molar refractivity (Wildman–Crippen MR) is 152 cm³/mol.